The molecule has 1 N–H and O–H groups in total. The topological polar surface area (TPSA) is 50.2 Å². The minimum absolute atomic E-state index is 0.0220. The maximum absolute atomic E-state index is 13.2. The van der Waals surface area contributed by atoms with Crippen molar-refractivity contribution in [2.24, 2.45) is 0 Å². The number of pyridine rings is 1. The molecule has 1 unspecified atom stereocenters. The average Bonchev–Trinajstić information content (AvgIpc) is 2.39. The number of carboxylic acid groups (broad SMARTS) is 1. The van der Waals surface area contributed by atoms with E-state index in [1.54, 1.807) is 24.5 Å². The Labute approximate surface area is 110 Å². The number of hydrogen-bond donors (Lipinski definition) is 1. The molecule has 0 amide bonds. The highest BCUT2D eigenvalue weighted by Crippen LogP contribution is 2.24. The monoisotopic (exact) mass is 259 g/mol. The van der Waals surface area contributed by atoms with Crippen molar-refractivity contribution in [2.75, 3.05) is 0 Å². The van der Waals surface area contributed by atoms with Crippen LogP contribution < -0.4 is 0 Å². The Hall–Kier alpha value is -2.23. The van der Waals surface area contributed by atoms with Crippen molar-refractivity contribution in [1.82, 2.24) is 4.98 Å². The highest BCUT2D eigenvalue weighted by Gasteiger charge is 2.16. The summed E-state index contributed by atoms with van der Waals surface area (Å²) in [6.45, 7) is 0. The number of nitrogens with zero attached hydrogens (tertiary/aromatic N) is 1. The van der Waals surface area contributed by atoms with Crippen molar-refractivity contribution in [3.05, 3.63) is 65.7 Å². The van der Waals surface area contributed by atoms with Crippen LogP contribution in [0.4, 0.5) is 4.39 Å². The number of hydrogen-bond acceptors (Lipinski definition) is 2. The third-order valence-electron chi connectivity index (χ3n) is 2.97. The smallest absolute Gasteiger partial charge is 0.303 e. The van der Waals surface area contributed by atoms with Gasteiger partial charge in [-0.05, 0) is 47.7 Å². The van der Waals surface area contributed by atoms with Crippen LogP contribution in [0.15, 0.2) is 48.8 Å². The summed E-state index contributed by atoms with van der Waals surface area (Å²) in [5.41, 5.74) is 1.70. The van der Waals surface area contributed by atoms with Crippen LogP contribution in [0.2, 0.25) is 0 Å². The molecule has 0 saturated heterocycles. The fourth-order valence-electron chi connectivity index (χ4n) is 2.08. The van der Waals surface area contributed by atoms with E-state index in [0.29, 0.717) is 12.0 Å². The Morgan fingerprint density at radius 1 is 1.26 bits per heavy atom. The van der Waals surface area contributed by atoms with Crippen molar-refractivity contribution in [1.29, 1.82) is 0 Å². The van der Waals surface area contributed by atoms with Crippen LogP contribution in [-0.4, -0.2) is 16.1 Å². The van der Waals surface area contributed by atoms with Gasteiger partial charge in [-0.3, -0.25) is 9.78 Å². The van der Waals surface area contributed by atoms with E-state index in [1.807, 2.05) is 12.1 Å². The zero-order valence-corrected chi connectivity index (χ0v) is 10.3. The first kappa shape index (κ1) is 13.2. The summed E-state index contributed by atoms with van der Waals surface area (Å²) in [6, 6.07) is 9.80. The molecule has 0 spiro atoms. The van der Waals surface area contributed by atoms with Gasteiger partial charge in [0.05, 0.1) is 6.42 Å². The zero-order valence-electron chi connectivity index (χ0n) is 10.3. The van der Waals surface area contributed by atoms with E-state index in [2.05, 4.69) is 4.98 Å². The molecule has 98 valence electrons. The normalized spacial score (nSPS) is 12.1. The SMILES string of the molecule is O=C(O)CC(Cc1ccncc1)c1cccc(F)c1. The lowest BCUT2D eigenvalue weighted by Gasteiger charge is -2.15. The molecule has 0 aliphatic carbocycles. The molecule has 3 nitrogen and oxygen atoms in total. The Bertz CT molecular complexity index is 557. The molecule has 0 bridgehead atoms. The van der Waals surface area contributed by atoms with Gasteiger partial charge in [0.15, 0.2) is 0 Å². The molecule has 0 aliphatic rings. The predicted octanol–water partition coefficient (Wildman–Crippen LogP) is 3.02. The van der Waals surface area contributed by atoms with Crippen molar-refractivity contribution in [3.63, 3.8) is 0 Å². The number of benzene rings is 1. The largest absolute Gasteiger partial charge is 0.481 e. The maximum atomic E-state index is 13.2. The van der Waals surface area contributed by atoms with E-state index < -0.39 is 5.97 Å². The van der Waals surface area contributed by atoms with Gasteiger partial charge in [0.1, 0.15) is 5.82 Å². The van der Waals surface area contributed by atoms with Crippen LogP contribution >= 0.6 is 0 Å². The third-order valence-corrected chi connectivity index (χ3v) is 2.97. The molecule has 4 heteroatoms. The van der Waals surface area contributed by atoms with E-state index in [-0.39, 0.29) is 18.2 Å². The number of rotatable bonds is 5. The Kier molecular flexibility index (Phi) is 4.23. The summed E-state index contributed by atoms with van der Waals surface area (Å²) in [5.74, 6) is -1.47. The van der Waals surface area contributed by atoms with Crippen molar-refractivity contribution < 1.29 is 14.3 Å². The van der Waals surface area contributed by atoms with Crippen LogP contribution in [0.3, 0.4) is 0 Å². The third kappa shape index (κ3) is 3.88. The highest BCUT2D eigenvalue weighted by atomic mass is 19.1. The molecule has 2 aromatic rings. The van der Waals surface area contributed by atoms with Gasteiger partial charge in [-0.15, -0.1) is 0 Å². The number of carbonyl (C=O) groups is 1. The van der Waals surface area contributed by atoms with Gasteiger partial charge in [-0.25, -0.2) is 4.39 Å². The maximum Gasteiger partial charge on any atom is 0.303 e. The first-order chi connectivity index (χ1) is 9.15. The fraction of sp³-hybridized carbons (Fsp3) is 0.200. The molecule has 0 aliphatic heterocycles. The van der Waals surface area contributed by atoms with Crippen LogP contribution in [-0.2, 0) is 11.2 Å². The standard InChI is InChI=1S/C15H14FNO2/c16-14-3-1-2-12(9-14)13(10-15(18)19)8-11-4-6-17-7-5-11/h1-7,9,13H,8,10H2,(H,18,19). The summed E-state index contributed by atoms with van der Waals surface area (Å²) in [6.07, 6.45) is 3.86. The highest BCUT2D eigenvalue weighted by molar-refractivity contribution is 5.68. The van der Waals surface area contributed by atoms with Crippen LogP contribution in [0.25, 0.3) is 0 Å². The van der Waals surface area contributed by atoms with Crippen LogP contribution in [0.1, 0.15) is 23.5 Å². The summed E-state index contributed by atoms with van der Waals surface area (Å²) in [5, 5.41) is 8.99. The van der Waals surface area contributed by atoms with E-state index in [1.165, 1.54) is 12.1 Å². The summed E-state index contributed by atoms with van der Waals surface area (Å²) < 4.78 is 13.2. The van der Waals surface area contributed by atoms with E-state index in [0.717, 1.165) is 5.56 Å². The molecule has 2 rings (SSSR count). The first-order valence-electron chi connectivity index (χ1n) is 6.01. The van der Waals surface area contributed by atoms with Gasteiger partial charge < -0.3 is 5.11 Å². The lowest BCUT2D eigenvalue weighted by molar-refractivity contribution is -0.137. The van der Waals surface area contributed by atoms with E-state index in [4.69, 9.17) is 5.11 Å². The molecule has 19 heavy (non-hydrogen) atoms. The second kappa shape index (κ2) is 6.09. The van der Waals surface area contributed by atoms with Crippen molar-refractivity contribution in [2.45, 2.75) is 18.8 Å². The fourth-order valence-corrected chi connectivity index (χ4v) is 2.08. The summed E-state index contributed by atoms with van der Waals surface area (Å²) >= 11 is 0. The lowest BCUT2D eigenvalue weighted by atomic mass is 9.89. The molecular formula is C15H14FNO2. The predicted molar refractivity (Wildman–Crippen MR) is 69.3 cm³/mol. The molecule has 0 radical (unpaired) electrons. The molecule has 1 atom stereocenters. The van der Waals surface area contributed by atoms with Gasteiger partial charge in [-0.1, -0.05) is 12.1 Å². The van der Waals surface area contributed by atoms with Gasteiger partial charge in [0.2, 0.25) is 0 Å². The zero-order chi connectivity index (χ0) is 13.7. The second-order valence-corrected chi connectivity index (χ2v) is 4.41. The van der Waals surface area contributed by atoms with Crippen LogP contribution in [0.5, 0.6) is 0 Å². The van der Waals surface area contributed by atoms with Crippen molar-refractivity contribution in [3.8, 4) is 0 Å². The minimum Gasteiger partial charge on any atom is -0.481 e. The molecule has 0 saturated carbocycles. The summed E-state index contributed by atoms with van der Waals surface area (Å²) in [4.78, 5) is 14.9. The minimum atomic E-state index is -0.886. The van der Waals surface area contributed by atoms with Gasteiger partial charge in [0, 0.05) is 12.4 Å². The number of aliphatic carboxylic acids is 1. The Morgan fingerprint density at radius 3 is 2.63 bits per heavy atom. The van der Waals surface area contributed by atoms with Gasteiger partial charge >= 0.3 is 5.97 Å². The molecular weight excluding hydrogens is 245 g/mol. The Balaban J connectivity index is 2.23. The first-order valence-corrected chi connectivity index (χ1v) is 6.01. The molecule has 0 fully saturated rings. The summed E-state index contributed by atoms with van der Waals surface area (Å²) in [7, 11) is 0. The van der Waals surface area contributed by atoms with Gasteiger partial charge in [0.25, 0.3) is 0 Å². The average molecular weight is 259 g/mol. The van der Waals surface area contributed by atoms with E-state index in [9.17, 15) is 9.18 Å². The van der Waals surface area contributed by atoms with Crippen molar-refractivity contribution >= 4 is 5.97 Å². The molecule has 1 aromatic heterocycles. The Morgan fingerprint density at radius 2 is 2.00 bits per heavy atom. The number of carboxylic acids is 1. The molecule has 1 aromatic carbocycles. The lowest BCUT2D eigenvalue weighted by Crippen LogP contribution is -2.09. The number of halogens is 1. The van der Waals surface area contributed by atoms with Gasteiger partial charge in [-0.2, -0.15) is 0 Å². The second-order valence-electron chi connectivity index (χ2n) is 4.41. The van der Waals surface area contributed by atoms with E-state index >= 15 is 0 Å². The van der Waals surface area contributed by atoms with Crippen LogP contribution in [0, 0.1) is 5.82 Å². The number of aromatic nitrogens is 1. The molecule has 1 heterocycles. The quantitative estimate of drug-likeness (QED) is 0.897.